The zero-order valence-corrected chi connectivity index (χ0v) is 28.5. The highest BCUT2D eigenvalue weighted by molar-refractivity contribution is 6.13. The summed E-state index contributed by atoms with van der Waals surface area (Å²) in [6, 6.07) is 61.7. The first kappa shape index (κ1) is 28.9. The molecule has 0 unspecified atom stereocenters. The van der Waals surface area contributed by atoms with Crippen LogP contribution in [0.15, 0.2) is 176 Å². The van der Waals surface area contributed by atoms with E-state index in [0.717, 1.165) is 39.4 Å². The van der Waals surface area contributed by atoms with Gasteiger partial charge in [-0.2, -0.15) is 0 Å². The summed E-state index contributed by atoms with van der Waals surface area (Å²) in [6.07, 6.45) is 1.89. The molecule has 4 heteroatoms. The lowest BCUT2D eigenvalue weighted by Crippen LogP contribution is -2.01. The van der Waals surface area contributed by atoms with Crippen molar-refractivity contribution in [1.29, 1.82) is 0 Å². The van der Waals surface area contributed by atoms with Crippen molar-refractivity contribution in [3.05, 3.63) is 182 Å². The molecule has 11 aromatic rings. The van der Waals surface area contributed by atoms with Crippen LogP contribution in [0.2, 0.25) is 0 Å². The standard InChI is InChI=1S/C48H32N4/c1-31-13-12-26-49-48(31)32-27-34(51-44-21-9-4-16-38(44)39-17-5-10-22-45(39)51)29-35(28-32)52-46-23-11-6-18-40(46)41-30-33(24-25-47(41)52)50-42-19-7-2-14-36(42)37-15-3-8-20-43(37)50/h2-30H,1H3. The Balaban J connectivity index is 1.21. The SMILES string of the molecule is Cc1cccnc1-c1cc(-n2c3ccccc3c3ccccc32)cc(-n2c3ccccc3c3cc(-n4c5ccccc5c5ccccc54)ccc32)c1. The smallest absolute Gasteiger partial charge is 0.0732 e. The van der Waals surface area contributed by atoms with Gasteiger partial charge in [-0.25, -0.2) is 0 Å². The average Bonchev–Trinajstić information content (AvgIpc) is 3.83. The Morgan fingerprint density at radius 2 is 0.750 bits per heavy atom. The van der Waals surface area contributed by atoms with Crippen molar-refractivity contribution >= 4 is 65.4 Å². The molecule has 0 saturated carbocycles. The van der Waals surface area contributed by atoms with Crippen LogP contribution in [0.25, 0.3) is 93.7 Å². The molecule has 0 N–H and O–H groups in total. The van der Waals surface area contributed by atoms with Crippen molar-refractivity contribution in [2.24, 2.45) is 0 Å². The molecule has 0 saturated heterocycles. The van der Waals surface area contributed by atoms with Gasteiger partial charge in [0.25, 0.3) is 0 Å². The Labute approximate surface area is 300 Å². The van der Waals surface area contributed by atoms with Crippen molar-refractivity contribution < 1.29 is 0 Å². The minimum atomic E-state index is 0.987. The first-order valence-electron chi connectivity index (χ1n) is 17.8. The zero-order valence-electron chi connectivity index (χ0n) is 28.5. The molecular formula is C48H32N4. The maximum absolute atomic E-state index is 4.91. The van der Waals surface area contributed by atoms with Gasteiger partial charge in [0.2, 0.25) is 0 Å². The highest BCUT2D eigenvalue weighted by Gasteiger charge is 2.19. The number of benzene rings is 7. The van der Waals surface area contributed by atoms with Gasteiger partial charge in [0.15, 0.2) is 0 Å². The van der Waals surface area contributed by atoms with E-state index in [9.17, 15) is 0 Å². The Morgan fingerprint density at radius 1 is 0.346 bits per heavy atom. The van der Waals surface area contributed by atoms with E-state index >= 15 is 0 Å². The number of hydrogen-bond donors (Lipinski definition) is 0. The fraction of sp³-hybridized carbons (Fsp3) is 0.0208. The maximum Gasteiger partial charge on any atom is 0.0732 e. The van der Waals surface area contributed by atoms with Crippen molar-refractivity contribution in [3.63, 3.8) is 0 Å². The van der Waals surface area contributed by atoms with Gasteiger partial charge in [0, 0.05) is 61.1 Å². The number of aryl methyl sites for hydroxylation is 1. The second-order valence-corrected chi connectivity index (χ2v) is 13.7. The van der Waals surface area contributed by atoms with Crippen molar-refractivity contribution in [3.8, 4) is 28.3 Å². The summed E-state index contributed by atoms with van der Waals surface area (Å²) >= 11 is 0. The quantitative estimate of drug-likeness (QED) is 0.184. The van der Waals surface area contributed by atoms with E-state index in [2.05, 4.69) is 184 Å². The molecule has 0 aliphatic carbocycles. The molecule has 0 fully saturated rings. The Hall–Kier alpha value is -6.91. The summed E-state index contributed by atoms with van der Waals surface area (Å²) in [5.74, 6) is 0. The normalized spacial score (nSPS) is 11.9. The molecule has 7 aromatic carbocycles. The zero-order chi connectivity index (χ0) is 34.3. The van der Waals surface area contributed by atoms with E-state index in [-0.39, 0.29) is 0 Å². The van der Waals surface area contributed by atoms with Crippen molar-refractivity contribution in [2.45, 2.75) is 6.92 Å². The lowest BCUT2D eigenvalue weighted by atomic mass is 10.0. The van der Waals surface area contributed by atoms with Crippen LogP contribution in [0, 0.1) is 6.92 Å². The maximum atomic E-state index is 4.91. The predicted molar refractivity (Wildman–Crippen MR) is 217 cm³/mol. The van der Waals surface area contributed by atoms with Crippen LogP contribution in [0.4, 0.5) is 0 Å². The van der Waals surface area contributed by atoms with Gasteiger partial charge in [-0.05, 0) is 85.3 Å². The number of para-hydroxylation sites is 5. The van der Waals surface area contributed by atoms with Gasteiger partial charge < -0.3 is 13.7 Å². The number of hydrogen-bond acceptors (Lipinski definition) is 1. The van der Waals surface area contributed by atoms with Gasteiger partial charge >= 0.3 is 0 Å². The second kappa shape index (κ2) is 11.0. The van der Waals surface area contributed by atoms with Gasteiger partial charge in [-0.1, -0.05) is 97.1 Å². The van der Waals surface area contributed by atoms with Gasteiger partial charge in [0.05, 0.1) is 38.8 Å². The van der Waals surface area contributed by atoms with E-state index < -0.39 is 0 Å². The van der Waals surface area contributed by atoms with Gasteiger partial charge in [-0.3, -0.25) is 4.98 Å². The van der Waals surface area contributed by atoms with E-state index in [1.807, 2.05) is 12.3 Å². The summed E-state index contributed by atoms with van der Waals surface area (Å²) in [4.78, 5) is 4.91. The van der Waals surface area contributed by atoms with Crippen LogP contribution in [0.1, 0.15) is 5.56 Å². The lowest BCUT2D eigenvalue weighted by molar-refractivity contribution is 1.13. The molecule has 4 nitrogen and oxygen atoms in total. The van der Waals surface area contributed by atoms with Crippen LogP contribution in [0.5, 0.6) is 0 Å². The Kier molecular flexibility index (Phi) is 6.13. The third kappa shape index (κ3) is 4.12. The minimum absolute atomic E-state index is 0.987. The Bertz CT molecular complexity index is 3100. The Morgan fingerprint density at radius 3 is 1.21 bits per heavy atom. The monoisotopic (exact) mass is 664 g/mol. The van der Waals surface area contributed by atoms with Gasteiger partial charge in [0.1, 0.15) is 0 Å². The van der Waals surface area contributed by atoms with E-state index in [4.69, 9.17) is 4.98 Å². The molecule has 0 radical (unpaired) electrons. The van der Waals surface area contributed by atoms with Crippen LogP contribution in [-0.4, -0.2) is 18.7 Å². The number of aromatic nitrogens is 4. The number of nitrogens with zero attached hydrogens (tertiary/aromatic N) is 4. The molecule has 4 aromatic heterocycles. The third-order valence-electron chi connectivity index (χ3n) is 10.8. The first-order chi connectivity index (χ1) is 25.7. The molecule has 0 aliphatic heterocycles. The molecule has 0 spiro atoms. The van der Waals surface area contributed by atoms with E-state index in [1.165, 1.54) is 59.9 Å². The van der Waals surface area contributed by atoms with E-state index in [1.54, 1.807) is 0 Å². The van der Waals surface area contributed by atoms with Crippen molar-refractivity contribution in [1.82, 2.24) is 18.7 Å². The number of pyridine rings is 1. The fourth-order valence-electron chi connectivity index (χ4n) is 8.56. The predicted octanol–water partition coefficient (Wildman–Crippen LogP) is 12.3. The summed E-state index contributed by atoms with van der Waals surface area (Å²) in [7, 11) is 0. The summed E-state index contributed by atoms with van der Waals surface area (Å²) in [5.41, 5.74) is 13.7. The number of rotatable bonds is 4. The number of fused-ring (bicyclic) bond motifs is 9. The van der Waals surface area contributed by atoms with Crippen LogP contribution in [0.3, 0.4) is 0 Å². The minimum Gasteiger partial charge on any atom is -0.309 e. The summed E-state index contributed by atoms with van der Waals surface area (Å²) < 4.78 is 7.24. The molecule has 52 heavy (non-hydrogen) atoms. The van der Waals surface area contributed by atoms with Crippen LogP contribution in [-0.2, 0) is 0 Å². The molecule has 0 aliphatic rings. The average molecular weight is 665 g/mol. The molecule has 0 atom stereocenters. The van der Waals surface area contributed by atoms with Crippen LogP contribution >= 0.6 is 0 Å². The summed E-state index contributed by atoms with van der Waals surface area (Å²) in [5, 5.41) is 7.45. The molecule has 0 amide bonds. The lowest BCUT2D eigenvalue weighted by Gasteiger charge is -2.16. The molecule has 0 bridgehead atoms. The van der Waals surface area contributed by atoms with Gasteiger partial charge in [-0.15, -0.1) is 0 Å². The second-order valence-electron chi connectivity index (χ2n) is 13.7. The fourth-order valence-corrected chi connectivity index (χ4v) is 8.56. The van der Waals surface area contributed by atoms with E-state index in [0.29, 0.717) is 0 Å². The third-order valence-corrected chi connectivity index (χ3v) is 10.8. The highest BCUT2D eigenvalue weighted by atomic mass is 15.0. The summed E-state index contributed by atoms with van der Waals surface area (Å²) in [6.45, 7) is 2.14. The largest absolute Gasteiger partial charge is 0.309 e. The molecule has 11 rings (SSSR count). The van der Waals surface area contributed by atoms with Crippen LogP contribution < -0.4 is 0 Å². The van der Waals surface area contributed by atoms with Crippen molar-refractivity contribution in [2.75, 3.05) is 0 Å². The molecule has 244 valence electrons. The first-order valence-corrected chi connectivity index (χ1v) is 17.8. The highest BCUT2D eigenvalue weighted by Crippen LogP contribution is 2.39. The topological polar surface area (TPSA) is 27.7 Å². The molecule has 4 heterocycles. The molecular weight excluding hydrogens is 633 g/mol.